The van der Waals surface area contributed by atoms with E-state index in [1.807, 2.05) is 11.3 Å². The van der Waals surface area contributed by atoms with E-state index in [-0.39, 0.29) is 0 Å². The van der Waals surface area contributed by atoms with E-state index in [0.29, 0.717) is 6.04 Å². The van der Waals surface area contributed by atoms with Gasteiger partial charge >= 0.3 is 0 Å². The molecule has 1 N–H and O–H groups in total. The van der Waals surface area contributed by atoms with Crippen LogP contribution in [0.15, 0.2) is 0 Å². The van der Waals surface area contributed by atoms with Crippen molar-refractivity contribution >= 4 is 11.3 Å². The van der Waals surface area contributed by atoms with Gasteiger partial charge in [0.15, 0.2) is 0 Å². The Morgan fingerprint density at radius 3 is 2.61 bits per heavy atom. The highest BCUT2D eigenvalue weighted by molar-refractivity contribution is 7.11. The van der Waals surface area contributed by atoms with E-state index in [2.05, 4.69) is 26.1 Å². The van der Waals surface area contributed by atoms with Crippen molar-refractivity contribution in [2.75, 3.05) is 6.54 Å². The number of hydrogen-bond donors (Lipinski definition) is 1. The Labute approximate surface area is 114 Å². The van der Waals surface area contributed by atoms with E-state index in [1.54, 1.807) is 0 Å². The smallest absolute Gasteiger partial charge is 0.0946 e. The summed E-state index contributed by atoms with van der Waals surface area (Å²) in [6.45, 7) is 7.63. The molecule has 2 nitrogen and oxygen atoms in total. The van der Waals surface area contributed by atoms with E-state index < -0.39 is 0 Å². The van der Waals surface area contributed by atoms with Crippen molar-refractivity contribution in [2.45, 2.75) is 52.5 Å². The summed E-state index contributed by atoms with van der Waals surface area (Å²) in [6, 6.07) is 0.676. The predicted molar refractivity (Wildman–Crippen MR) is 77.1 cm³/mol. The van der Waals surface area contributed by atoms with Crippen LogP contribution in [0.25, 0.3) is 0 Å². The highest BCUT2D eigenvalue weighted by Gasteiger charge is 2.55. The number of hydrogen-bond acceptors (Lipinski definition) is 3. The molecule has 0 aromatic carbocycles. The van der Waals surface area contributed by atoms with Gasteiger partial charge in [-0.25, -0.2) is 4.98 Å². The van der Waals surface area contributed by atoms with Crippen LogP contribution >= 0.6 is 11.3 Å². The van der Waals surface area contributed by atoms with Crippen LogP contribution in [0.3, 0.4) is 0 Å². The lowest BCUT2D eigenvalue weighted by Crippen LogP contribution is -2.34. The van der Waals surface area contributed by atoms with Gasteiger partial charge in [0.1, 0.15) is 0 Å². The van der Waals surface area contributed by atoms with Gasteiger partial charge in [0.2, 0.25) is 0 Å². The molecular formula is C15H24N2S. The van der Waals surface area contributed by atoms with Gasteiger partial charge in [-0.1, -0.05) is 13.3 Å². The zero-order chi connectivity index (χ0) is 12.7. The van der Waals surface area contributed by atoms with Gasteiger partial charge in [-0.2, -0.15) is 0 Å². The third-order valence-corrected chi connectivity index (χ3v) is 5.97. The summed E-state index contributed by atoms with van der Waals surface area (Å²) in [5.74, 6) is 3.02. The molecule has 2 aliphatic rings. The average Bonchev–Trinajstić information content (AvgIpc) is 2.67. The third kappa shape index (κ3) is 2.23. The van der Waals surface area contributed by atoms with Crippen molar-refractivity contribution in [2.24, 2.45) is 17.8 Å². The van der Waals surface area contributed by atoms with Crippen molar-refractivity contribution in [1.82, 2.24) is 10.3 Å². The summed E-state index contributed by atoms with van der Waals surface area (Å²) in [7, 11) is 0. The van der Waals surface area contributed by atoms with Crippen LogP contribution < -0.4 is 5.32 Å². The summed E-state index contributed by atoms with van der Waals surface area (Å²) < 4.78 is 0. The molecule has 0 spiro atoms. The fraction of sp³-hybridized carbons (Fsp3) is 0.800. The number of thiazole rings is 1. The molecule has 0 saturated heterocycles. The first kappa shape index (κ1) is 12.6. The number of aryl methyl sites for hydroxylation is 2. The number of aromatic nitrogens is 1. The maximum Gasteiger partial charge on any atom is 0.0946 e. The van der Waals surface area contributed by atoms with Gasteiger partial charge in [-0.05, 0) is 51.0 Å². The SMILES string of the molecule is CCNC(Cc1nc(C)c(C)s1)C1C2CCCC21. The quantitative estimate of drug-likeness (QED) is 0.882. The Kier molecular flexibility index (Phi) is 3.46. The number of nitrogens with zero attached hydrogens (tertiary/aromatic N) is 1. The third-order valence-electron chi connectivity index (χ3n) is 4.87. The first-order valence-corrected chi connectivity index (χ1v) is 8.18. The van der Waals surface area contributed by atoms with Crippen LogP contribution in [0.5, 0.6) is 0 Å². The Morgan fingerprint density at radius 1 is 1.33 bits per heavy atom. The molecule has 2 fully saturated rings. The molecule has 100 valence electrons. The van der Waals surface area contributed by atoms with Crippen molar-refractivity contribution in [3.63, 3.8) is 0 Å². The number of nitrogens with one attached hydrogen (secondary N) is 1. The van der Waals surface area contributed by atoms with Gasteiger partial charge in [0, 0.05) is 17.3 Å². The highest BCUT2D eigenvalue weighted by Crippen LogP contribution is 2.59. The fourth-order valence-electron chi connectivity index (χ4n) is 3.89. The van der Waals surface area contributed by atoms with Crippen LogP contribution in [0.4, 0.5) is 0 Å². The Morgan fingerprint density at radius 2 is 2.06 bits per heavy atom. The summed E-state index contributed by atoms with van der Waals surface area (Å²) in [5.41, 5.74) is 1.22. The number of likely N-dealkylation sites (N-methyl/N-ethyl adjacent to an activating group) is 1. The van der Waals surface area contributed by atoms with E-state index in [9.17, 15) is 0 Å². The molecule has 2 saturated carbocycles. The normalized spacial score (nSPS) is 31.4. The van der Waals surface area contributed by atoms with Crippen molar-refractivity contribution in [3.8, 4) is 0 Å². The lowest BCUT2D eigenvalue weighted by molar-refractivity contribution is 0.410. The lowest BCUT2D eigenvalue weighted by Gasteiger charge is -2.18. The lowest BCUT2D eigenvalue weighted by atomic mass is 10.0. The summed E-state index contributed by atoms with van der Waals surface area (Å²) in [5, 5.41) is 5.05. The standard InChI is InChI=1S/C15H24N2S/c1-4-16-13(15-11-6-5-7-12(11)15)8-14-17-9(2)10(3)18-14/h11-13,15-16H,4-8H2,1-3H3. The molecule has 3 unspecified atom stereocenters. The molecular weight excluding hydrogens is 240 g/mol. The predicted octanol–water partition coefficient (Wildman–Crippen LogP) is 3.33. The monoisotopic (exact) mass is 264 g/mol. The number of rotatable bonds is 5. The minimum absolute atomic E-state index is 0.676. The zero-order valence-electron chi connectivity index (χ0n) is 11.7. The Hall–Kier alpha value is -0.410. The molecule has 3 heteroatoms. The van der Waals surface area contributed by atoms with Crippen molar-refractivity contribution in [1.29, 1.82) is 0 Å². The molecule has 1 heterocycles. The largest absolute Gasteiger partial charge is 0.314 e. The molecule has 3 atom stereocenters. The van der Waals surface area contributed by atoms with Crippen LogP contribution in [0, 0.1) is 31.6 Å². The molecule has 3 rings (SSSR count). The zero-order valence-corrected chi connectivity index (χ0v) is 12.5. The minimum atomic E-state index is 0.676. The van der Waals surface area contributed by atoms with Gasteiger partial charge in [0.05, 0.1) is 10.7 Å². The van der Waals surface area contributed by atoms with Crippen LogP contribution in [-0.2, 0) is 6.42 Å². The van der Waals surface area contributed by atoms with Crippen LogP contribution in [-0.4, -0.2) is 17.6 Å². The van der Waals surface area contributed by atoms with Crippen molar-refractivity contribution in [3.05, 3.63) is 15.6 Å². The van der Waals surface area contributed by atoms with Gasteiger partial charge in [0.25, 0.3) is 0 Å². The molecule has 0 aliphatic heterocycles. The van der Waals surface area contributed by atoms with Gasteiger partial charge < -0.3 is 5.32 Å². The molecule has 0 amide bonds. The maximum absolute atomic E-state index is 4.71. The molecule has 1 aromatic heterocycles. The molecule has 0 radical (unpaired) electrons. The summed E-state index contributed by atoms with van der Waals surface area (Å²) in [4.78, 5) is 6.10. The summed E-state index contributed by atoms with van der Waals surface area (Å²) >= 11 is 1.89. The van der Waals surface area contributed by atoms with E-state index in [4.69, 9.17) is 4.98 Å². The van der Waals surface area contributed by atoms with Gasteiger partial charge in [-0.15, -0.1) is 11.3 Å². The van der Waals surface area contributed by atoms with E-state index in [0.717, 1.165) is 30.7 Å². The second-order valence-electron chi connectivity index (χ2n) is 5.95. The molecule has 0 bridgehead atoms. The fourth-order valence-corrected chi connectivity index (χ4v) is 4.89. The molecule has 18 heavy (non-hydrogen) atoms. The van der Waals surface area contributed by atoms with E-state index in [1.165, 1.54) is 34.8 Å². The van der Waals surface area contributed by atoms with Crippen LogP contribution in [0.1, 0.15) is 41.8 Å². The summed E-state index contributed by atoms with van der Waals surface area (Å²) in [6.07, 6.45) is 5.57. The van der Waals surface area contributed by atoms with E-state index >= 15 is 0 Å². The average molecular weight is 264 g/mol. The van der Waals surface area contributed by atoms with Crippen molar-refractivity contribution < 1.29 is 0 Å². The second kappa shape index (κ2) is 4.93. The Balaban J connectivity index is 1.67. The minimum Gasteiger partial charge on any atom is -0.314 e. The second-order valence-corrected chi connectivity index (χ2v) is 7.24. The van der Waals surface area contributed by atoms with Crippen LogP contribution in [0.2, 0.25) is 0 Å². The molecule has 2 aliphatic carbocycles. The Bertz CT molecular complexity index is 397. The topological polar surface area (TPSA) is 24.9 Å². The maximum atomic E-state index is 4.71. The first-order valence-electron chi connectivity index (χ1n) is 7.37. The van der Waals surface area contributed by atoms with Gasteiger partial charge in [-0.3, -0.25) is 0 Å². The molecule has 1 aromatic rings. The first-order chi connectivity index (χ1) is 8.70. The number of fused-ring (bicyclic) bond motifs is 1. The highest BCUT2D eigenvalue weighted by atomic mass is 32.1.